The van der Waals surface area contributed by atoms with E-state index in [1.54, 1.807) is 13.3 Å². The Morgan fingerprint density at radius 1 is 1.33 bits per heavy atom. The minimum Gasteiger partial charge on any atom is -0.399 e. The SMILES string of the molecule is CCC#CCCCC/C=N/OC. The van der Waals surface area contributed by atoms with Gasteiger partial charge in [0.15, 0.2) is 0 Å². The number of nitrogens with zero attached hydrogens (tertiary/aromatic N) is 1. The lowest BCUT2D eigenvalue weighted by Gasteiger charge is -1.90. The number of hydrogen-bond donors (Lipinski definition) is 0. The van der Waals surface area contributed by atoms with Crippen molar-refractivity contribution in [3.05, 3.63) is 0 Å². The zero-order chi connectivity index (χ0) is 9.07. The van der Waals surface area contributed by atoms with Gasteiger partial charge in [0.1, 0.15) is 7.11 Å². The van der Waals surface area contributed by atoms with Gasteiger partial charge in [-0.25, -0.2) is 0 Å². The molecule has 0 rings (SSSR count). The Balaban J connectivity index is 3.05. The van der Waals surface area contributed by atoms with Crippen molar-refractivity contribution >= 4 is 6.21 Å². The number of hydrogen-bond acceptors (Lipinski definition) is 2. The Hall–Kier alpha value is -0.970. The normalized spacial score (nSPS) is 9.50. The fourth-order valence-electron chi connectivity index (χ4n) is 0.790. The predicted molar refractivity (Wildman–Crippen MR) is 52.0 cm³/mol. The molecule has 0 aliphatic carbocycles. The van der Waals surface area contributed by atoms with Gasteiger partial charge in [0, 0.05) is 19.1 Å². The molecule has 0 atom stereocenters. The van der Waals surface area contributed by atoms with E-state index in [2.05, 4.69) is 28.8 Å². The Morgan fingerprint density at radius 2 is 2.17 bits per heavy atom. The summed E-state index contributed by atoms with van der Waals surface area (Å²) in [5.41, 5.74) is 0. The third-order valence-electron chi connectivity index (χ3n) is 1.37. The summed E-state index contributed by atoms with van der Waals surface area (Å²) in [6.45, 7) is 2.07. The molecule has 0 aliphatic heterocycles. The molecule has 0 fully saturated rings. The summed E-state index contributed by atoms with van der Waals surface area (Å²) < 4.78 is 0. The van der Waals surface area contributed by atoms with Crippen LogP contribution in [0.4, 0.5) is 0 Å². The van der Waals surface area contributed by atoms with E-state index in [4.69, 9.17) is 0 Å². The van der Waals surface area contributed by atoms with Crippen molar-refractivity contribution in [2.45, 2.75) is 39.0 Å². The maximum absolute atomic E-state index is 4.53. The Bertz CT molecular complexity index is 164. The van der Waals surface area contributed by atoms with Crippen LogP contribution in [0.15, 0.2) is 5.16 Å². The fraction of sp³-hybridized carbons (Fsp3) is 0.700. The molecule has 2 heteroatoms. The topological polar surface area (TPSA) is 21.6 Å². The first kappa shape index (κ1) is 11.0. The molecule has 12 heavy (non-hydrogen) atoms. The molecular weight excluding hydrogens is 150 g/mol. The van der Waals surface area contributed by atoms with Crippen LogP contribution in [0.1, 0.15) is 39.0 Å². The third kappa shape index (κ3) is 9.03. The molecule has 0 aromatic carbocycles. The van der Waals surface area contributed by atoms with E-state index < -0.39 is 0 Å². The van der Waals surface area contributed by atoms with Gasteiger partial charge in [0.05, 0.1) is 0 Å². The van der Waals surface area contributed by atoms with Gasteiger partial charge in [-0.3, -0.25) is 0 Å². The second-order valence-corrected chi connectivity index (χ2v) is 2.42. The van der Waals surface area contributed by atoms with Crippen molar-refractivity contribution in [1.82, 2.24) is 0 Å². The van der Waals surface area contributed by atoms with E-state index in [0.29, 0.717) is 0 Å². The molecule has 0 aromatic heterocycles. The summed E-state index contributed by atoms with van der Waals surface area (Å²) >= 11 is 0. The first-order valence-corrected chi connectivity index (χ1v) is 4.42. The molecule has 0 aromatic rings. The quantitative estimate of drug-likeness (QED) is 0.267. The number of unbranched alkanes of at least 4 members (excludes halogenated alkanes) is 3. The first-order valence-electron chi connectivity index (χ1n) is 4.42. The lowest BCUT2D eigenvalue weighted by atomic mass is 10.2. The maximum Gasteiger partial charge on any atom is 0.106 e. The second-order valence-electron chi connectivity index (χ2n) is 2.42. The van der Waals surface area contributed by atoms with Gasteiger partial charge in [-0.15, -0.1) is 11.8 Å². The van der Waals surface area contributed by atoms with E-state index >= 15 is 0 Å². The largest absolute Gasteiger partial charge is 0.399 e. The van der Waals surface area contributed by atoms with Gasteiger partial charge in [-0.1, -0.05) is 12.1 Å². The van der Waals surface area contributed by atoms with E-state index in [9.17, 15) is 0 Å². The summed E-state index contributed by atoms with van der Waals surface area (Å²) in [6.07, 6.45) is 7.06. The smallest absolute Gasteiger partial charge is 0.106 e. The molecular formula is C10H17NO. The first-order chi connectivity index (χ1) is 5.91. The van der Waals surface area contributed by atoms with Crippen LogP contribution in [-0.4, -0.2) is 13.3 Å². The van der Waals surface area contributed by atoms with E-state index in [-0.39, 0.29) is 0 Å². The van der Waals surface area contributed by atoms with Crippen molar-refractivity contribution in [2.75, 3.05) is 7.11 Å². The van der Waals surface area contributed by atoms with Crippen molar-refractivity contribution in [3.8, 4) is 11.8 Å². The van der Waals surface area contributed by atoms with Crippen molar-refractivity contribution < 1.29 is 4.84 Å². The summed E-state index contributed by atoms with van der Waals surface area (Å²) in [5, 5.41) is 3.64. The molecule has 0 saturated carbocycles. The standard InChI is InChI=1S/C10H17NO/c1-3-4-5-6-7-8-9-10-11-12-2/h10H,3,6-9H2,1-2H3/b11-10+. The third-order valence-corrected chi connectivity index (χ3v) is 1.37. The molecule has 68 valence electrons. The van der Waals surface area contributed by atoms with Crippen molar-refractivity contribution in [3.63, 3.8) is 0 Å². The van der Waals surface area contributed by atoms with E-state index in [1.165, 1.54) is 0 Å². The van der Waals surface area contributed by atoms with Gasteiger partial charge >= 0.3 is 0 Å². The minimum absolute atomic E-state index is 0.963. The summed E-state index contributed by atoms with van der Waals surface area (Å²) in [4.78, 5) is 4.53. The zero-order valence-corrected chi connectivity index (χ0v) is 7.97. The molecule has 0 saturated heterocycles. The molecule has 0 amide bonds. The molecule has 0 radical (unpaired) electrons. The average molecular weight is 167 g/mol. The van der Waals surface area contributed by atoms with Crippen molar-refractivity contribution in [1.29, 1.82) is 0 Å². The lowest BCUT2D eigenvalue weighted by molar-refractivity contribution is 0.214. The highest BCUT2D eigenvalue weighted by Crippen LogP contribution is 1.96. The highest BCUT2D eigenvalue weighted by atomic mass is 16.6. The molecule has 0 aliphatic rings. The molecule has 0 N–H and O–H groups in total. The molecule has 0 bridgehead atoms. The van der Waals surface area contributed by atoms with Gasteiger partial charge in [0.25, 0.3) is 0 Å². The fourth-order valence-corrected chi connectivity index (χ4v) is 0.790. The van der Waals surface area contributed by atoms with Crippen LogP contribution in [-0.2, 0) is 4.84 Å². The predicted octanol–water partition coefficient (Wildman–Crippen LogP) is 2.59. The van der Waals surface area contributed by atoms with Crippen LogP contribution in [0.3, 0.4) is 0 Å². The zero-order valence-electron chi connectivity index (χ0n) is 7.97. The Morgan fingerprint density at radius 3 is 2.83 bits per heavy atom. The van der Waals surface area contributed by atoms with Crippen LogP contribution < -0.4 is 0 Å². The van der Waals surface area contributed by atoms with Crippen molar-refractivity contribution in [2.24, 2.45) is 5.16 Å². The van der Waals surface area contributed by atoms with E-state index in [1.807, 2.05) is 0 Å². The van der Waals surface area contributed by atoms with Gasteiger partial charge in [-0.05, 0) is 19.3 Å². The molecule has 0 spiro atoms. The molecule has 0 heterocycles. The number of rotatable bonds is 5. The van der Waals surface area contributed by atoms with Gasteiger partial charge in [0.2, 0.25) is 0 Å². The maximum atomic E-state index is 4.53. The van der Waals surface area contributed by atoms with Crippen LogP contribution in [0.25, 0.3) is 0 Å². The van der Waals surface area contributed by atoms with Crippen LogP contribution in [0.2, 0.25) is 0 Å². The summed E-state index contributed by atoms with van der Waals surface area (Å²) in [7, 11) is 1.56. The second kappa shape index (κ2) is 10.0. The summed E-state index contributed by atoms with van der Waals surface area (Å²) in [5.74, 6) is 6.14. The molecule has 0 unspecified atom stereocenters. The summed E-state index contributed by atoms with van der Waals surface area (Å²) in [6, 6.07) is 0. The Labute approximate surface area is 75.0 Å². The van der Waals surface area contributed by atoms with Gasteiger partial charge < -0.3 is 4.84 Å². The van der Waals surface area contributed by atoms with Crippen LogP contribution >= 0.6 is 0 Å². The monoisotopic (exact) mass is 167 g/mol. The van der Waals surface area contributed by atoms with E-state index in [0.717, 1.165) is 32.1 Å². The van der Waals surface area contributed by atoms with Crippen LogP contribution in [0.5, 0.6) is 0 Å². The van der Waals surface area contributed by atoms with Crippen LogP contribution in [0, 0.1) is 11.8 Å². The lowest BCUT2D eigenvalue weighted by Crippen LogP contribution is -1.78. The average Bonchev–Trinajstić information content (AvgIpc) is 2.10. The highest BCUT2D eigenvalue weighted by molar-refractivity contribution is 5.56. The minimum atomic E-state index is 0.963. The molecule has 2 nitrogen and oxygen atoms in total. The van der Waals surface area contributed by atoms with Gasteiger partial charge in [-0.2, -0.15) is 0 Å². The Kier molecular flexibility index (Phi) is 9.22. The number of oxime groups is 1. The highest BCUT2D eigenvalue weighted by Gasteiger charge is 1.83.